The van der Waals surface area contributed by atoms with Crippen LogP contribution in [0.2, 0.25) is 0 Å². The molecule has 4 rings (SSSR count). The quantitative estimate of drug-likeness (QED) is 0.854. The summed E-state index contributed by atoms with van der Waals surface area (Å²) in [6.07, 6.45) is 4.28. The zero-order valence-corrected chi connectivity index (χ0v) is 15.6. The maximum absolute atomic E-state index is 14.9. The van der Waals surface area contributed by atoms with Gasteiger partial charge < -0.3 is 15.2 Å². The summed E-state index contributed by atoms with van der Waals surface area (Å²) >= 11 is 0. The van der Waals surface area contributed by atoms with Crippen LogP contribution in [0.15, 0.2) is 6.20 Å². The van der Waals surface area contributed by atoms with Crippen LogP contribution in [-0.2, 0) is 10.2 Å². The summed E-state index contributed by atoms with van der Waals surface area (Å²) in [5, 5.41) is 27.3. The Labute approximate surface area is 157 Å². The average Bonchev–Trinajstić information content (AvgIpc) is 2.88. The van der Waals surface area contributed by atoms with Gasteiger partial charge in [0.05, 0.1) is 30.6 Å². The number of aromatic nitrogens is 3. The van der Waals surface area contributed by atoms with Gasteiger partial charge in [-0.05, 0) is 25.2 Å². The second-order valence-electron chi connectivity index (χ2n) is 7.87. The third kappa shape index (κ3) is 2.77. The maximum atomic E-state index is 14.9. The van der Waals surface area contributed by atoms with Crippen molar-refractivity contribution < 1.29 is 14.2 Å². The Morgan fingerprint density at radius 2 is 2.26 bits per heavy atom. The van der Waals surface area contributed by atoms with Gasteiger partial charge in [0.25, 0.3) is 0 Å². The molecule has 0 unspecified atom stereocenters. The van der Waals surface area contributed by atoms with E-state index in [9.17, 15) is 14.8 Å². The molecule has 0 spiro atoms. The van der Waals surface area contributed by atoms with Crippen molar-refractivity contribution in [3.63, 3.8) is 0 Å². The van der Waals surface area contributed by atoms with Gasteiger partial charge in [-0.15, -0.1) is 5.10 Å². The van der Waals surface area contributed by atoms with E-state index in [0.717, 1.165) is 19.3 Å². The van der Waals surface area contributed by atoms with Crippen molar-refractivity contribution in [2.24, 2.45) is 5.92 Å². The van der Waals surface area contributed by atoms with Gasteiger partial charge in [-0.3, -0.25) is 0 Å². The molecule has 2 aromatic heterocycles. The lowest BCUT2D eigenvalue weighted by molar-refractivity contribution is -0.0136. The molecule has 2 aromatic rings. The number of hydrogen-bond acceptors (Lipinski definition) is 6. The van der Waals surface area contributed by atoms with Crippen molar-refractivity contribution in [1.29, 1.82) is 5.26 Å². The molecule has 1 saturated heterocycles. The molecule has 0 bridgehead atoms. The first kappa shape index (κ1) is 18.1. The number of nitriles is 1. The Bertz CT molecular complexity index is 900. The minimum atomic E-state index is -0.651. The number of ether oxygens (including phenoxy) is 1. The van der Waals surface area contributed by atoms with Crippen molar-refractivity contribution in [3.8, 4) is 6.07 Å². The van der Waals surface area contributed by atoms with E-state index >= 15 is 0 Å². The fraction of sp³-hybridized carbons (Fsp3) is 0.632. The van der Waals surface area contributed by atoms with E-state index in [0.29, 0.717) is 24.7 Å². The Balaban J connectivity index is 1.81. The number of hydrogen-bond donors (Lipinski definition) is 2. The zero-order valence-electron chi connectivity index (χ0n) is 15.6. The Hall–Kier alpha value is -2.24. The summed E-state index contributed by atoms with van der Waals surface area (Å²) in [6, 6.07) is 1.83. The molecule has 7 nitrogen and oxygen atoms in total. The average molecular weight is 373 g/mol. The number of aliphatic hydroxyl groups excluding tert-OH is 1. The van der Waals surface area contributed by atoms with Crippen LogP contribution in [0.1, 0.15) is 50.8 Å². The SMILES string of the molecule is CC(C)C1(c2c(C#N)c(F)c3cnc(N[C@@H]4CCOC[C@H]4O)nn23)CCC1. The predicted octanol–water partition coefficient (Wildman–Crippen LogP) is 2.38. The number of nitrogens with one attached hydrogen (secondary N) is 1. The normalized spacial score (nSPS) is 24.6. The molecule has 1 aliphatic heterocycles. The van der Waals surface area contributed by atoms with Gasteiger partial charge in [0.15, 0.2) is 5.82 Å². The molecule has 1 aliphatic carbocycles. The van der Waals surface area contributed by atoms with Gasteiger partial charge in [-0.25, -0.2) is 13.9 Å². The van der Waals surface area contributed by atoms with E-state index < -0.39 is 11.9 Å². The fourth-order valence-electron chi connectivity index (χ4n) is 4.34. The van der Waals surface area contributed by atoms with Gasteiger partial charge in [0.2, 0.25) is 5.95 Å². The number of anilines is 1. The van der Waals surface area contributed by atoms with Crippen molar-refractivity contribution in [1.82, 2.24) is 14.6 Å². The van der Waals surface area contributed by atoms with Gasteiger partial charge in [0.1, 0.15) is 17.1 Å². The monoisotopic (exact) mass is 373 g/mol. The van der Waals surface area contributed by atoms with Crippen molar-refractivity contribution >= 4 is 11.5 Å². The third-order valence-corrected chi connectivity index (χ3v) is 6.20. The van der Waals surface area contributed by atoms with Crippen LogP contribution >= 0.6 is 0 Å². The lowest BCUT2D eigenvalue weighted by Crippen LogP contribution is -2.43. The third-order valence-electron chi connectivity index (χ3n) is 6.20. The largest absolute Gasteiger partial charge is 0.389 e. The number of fused-ring (bicyclic) bond motifs is 1. The Kier molecular flexibility index (Phi) is 4.52. The van der Waals surface area contributed by atoms with Crippen LogP contribution in [0.4, 0.5) is 10.3 Å². The molecule has 2 fully saturated rings. The topological polar surface area (TPSA) is 95.5 Å². The highest BCUT2D eigenvalue weighted by molar-refractivity contribution is 5.60. The van der Waals surface area contributed by atoms with Gasteiger partial charge >= 0.3 is 0 Å². The smallest absolute Gasteiger partial charge is 0.241 e. The summed E-state index contributed by atoms with van der Waals surface area (Å²) < 4.78 is 21.7. The first-order valence-corrected chi connectivity index (χ1v) is 9.48. The van der Waals surface area contributed by atoms with Gasteiger partial charge in [0, 0.05) is 12.0 Å². The van der Waals surface area contributed by atoms with Crippen molar-refractivity contribution in [2.45, 2.75) is 57.1 Å². The molecule has 0 aromatic carbocycles. The molecule has 0 amide bonds. The highest BCUT2D eigenvalue weighted by atomic mass is 19.1. The number of nitrogens with zero attached hydrogens (tertiary/aromatic N) is 4. The van der Waals surface area contributed by atoms with Crippen LogP contribution in [-0.4, -0.2) is 45.1 Å². The molecule has 27 heavy (non-hydrogen) atoms. The molecule has 1 saturated carbocycles. The van der Waals surface area contributed by atoms with Crippen LogP contribution in [0.5, 0.6) is 0 Å². The number of aliphatic hydroxyl groups is 1. The number of rotatable bonds is 4. The molecule has 8 heteroatoms. The second-order valence-corrected chi connectivity index (χ2v) is 7.87. The lowest BCUT2D eigenvalue weighted by Gasteiger charge is -2.45. The van der Waals surface area contributed by atoms with Crippen LogP contribution in [0.3, 0.4) is 0 Å². The maximum Gasteiger partial charge on any atom is 0.241 e. The summed E-state index contributed by atoms with van der Waals surface area (Å²) in [5.74, 6) is 0.0176. The van der Waals surface area contributed by atoms with E-state index in [1.54, 1.807) is 4.52 Å². The first-order chi connectivity index (χ1) is 13.0. The highest BCUT2D eigenvalue weighted by Gasteiger charge is 2.46. The summed E-state index contributed by atoms with van der Waals surface area (Å²) in [7, 11) is 0. The van der Waals surface area contributed by atoms with E-state index in [4.69, 9.17) is 4.74 Å². The lowest BCUT2D eigenvalue weighted by atomic mass is 9.59. The first-order valence-electron chi connectivity index (χ1n) is 9.48. The van der Waals surface area contributed by atoms with Crippen LogP contribution < -0.4 is 5.32 Å². The highest BCUT2D eigenvalue weighted by Crippen LogP contribution is 2.51. The summed E-state index contributed by atoms with van der Waals surface area (Å²) in [5.41, 5.74) is 0.687. The van der Waals surface area contributed by atoms with E-state index in [1.807, 2.05) is 6.07 Å². The van der Waals surface area contributed by atoms with E-state index in [1.165, 1.54) is 6.20 Å². The molecular weight excluding hydrogens is 349 g/mol. The fourth-order valence-corrected chi connectivity index (χ4v) is 4.34. The van der Waals surface area contributed by atoms with Gasteiger partial charge in [-0.1, -0.05) is 20.3 Å². The standard InChI is InChI=1S/C19H24FN5O2/c1-11(2)19(5-3-6-19)17-12(8-21)16(20)14-9-22-18(24-25(14)17)23-13-4-7-27-10-15(13)26/h9,11,13,15,26H,3-7,10H2,1-2H3,(H,23,24)/t13-,15-/m1/s1. The van der Waals surface area contributed by atoms with Crippen LogP contribution in [0.25, 0.3) is 5.52 Å². The van der Waals surface area contributed by atoms with Crippen molar-refractivity contribution in [3.05, 3.63) is 23.3 Å². The second kappa shape index (κ2) is 6.73. The molecular formula is C19H24FN5O2. The minimum absolute atomic E-state index is 0.0703. The molecule has 2 aliphatic rings. The Morgan fingerprint density at radius 1 is 1.48 bits per heavy atom. The van der Waals surface area contributed by atoms with E-state index in [2.05, 4.69) is 29.2 Å². The molecule has 2 atom stereocenters. The molecule has 144 valence electrons. The van der Waals surface area contributed by atoms with Gasteiger partial charge in [-0.2, -0.15) is 5.26 Å². The molecule has 3 heterocycles. The minimum Gasteiger partial charge on any atom is -0.389 e. The molecule has 0 radical (unpaired) electrons. The van der Waals surface area contributed by atoms with Crippen LogP contribution in [0, 0.1) is 23.1 Å². The molecule has 2 N–H and O–H groups in total. The summed E-state index contributed by atoms with van der Waals surface area (Å²) in [6.45, 7) is 5.03. The predicted molar refractivity (Wildman–Crippen MR) is 96.9 cm³/mol. The van der Waals surface area contributed by atoms with E-state index in [-0.39, 0.29) is 35.1 Å². The Morgan fingerprint density at radius 3 is 2.85 bits per heavy atom. The summed E-state index contributed by atoms with van der Waals surface area (Å²) in [4.78, 5) is 4.21. The van der Waals surface area contributed by atoms with Crippen molar-refractivity contribution in [2.75, 3.05) is 18.5 Å². The number of halogens is 1. The zero-order chi connectivity index (χ0) is 19.2.